The maximum absolute atomic E-state index is 12.0. The Balaban J connectivity index is 2.42. The highest BCUT2D eigenvalue weighted by atomic mass is 79.9. The Kier molecular flexibility index (Phi) is 8.56. The molecule has 1 aromatic heterocycles. The lowest BCUT2D eigenvalue weighted by atomic mass is 10.3. The number of hydrogen-bond donors (Lipinski definition) is 1. The van der Waals surface area contributed by atoms with E-state index < -0.39 is 0 Å². The van der Waals surface area contributed by atoms with E-state index in [9.17, 15) is 4.79 Å². The zero-order valence-corrected chi connectivity index (χ0v) is 14.5. The number of aromatic nitrogens is 2. The molecule has 1 rings (SSSR count). The molecule has 0 atom stereocenters. The molecule has 120 valence electrons. The highest BCUT2D eigenvalue weighted by Gasteiger charge is 2.08. The Morgan fingerprint density at radius 3 is 2.81 bits per heavy atom. The third kappa shape index (κ3) is 6.58. The molecule has 0 unspecified atom stereocenters. The standard InChI is InChI=1S/C14H24BrN3O3/c1-11(2)21-8-5-4-6-16-12-10-17-18(7-9-20-3)14(19)13(12)15/h10-11,16H,4-9H2,1-3H3. The third-order valence-corrected chi connectivity index (χ3v) is 3.60. The minimum absolute atomic E-state index is 0.153. The highest BCUT2D eigenvalue weighted by Crippen LogP contribution is 2.16. The van der Waals surface area contributed by atoms with E-state index in [4.69, 9.17) is 9.47 Å². The van der Waals surface area contributed by atoms with Crippen molar-refractivity contribution in [2.24, 2.45) is 0 Å². The van der Waals surface area contributed by atoms with Crippen molar-refractivity contribution in [2.45, 2.75) is 39.3 Å². The minimum atomic E-state index is -0.153. The van der Waals surface area contributed by atoms with Crippen LogP contribution in [0.25, 0.3) is 0 Å². The number of methoxy groups -OCH3 is 1. The first-order chi connectivity index (χ1) is 10.1. The van der Waals surface area contributed by atoms with Crippen LogP contribution < -0.4 is 10.9 Å². The average Bonchev–Trinajstić information content (AvgIpc) is 2.45. The Morgan fingerprint density at radius 1 is 1.38 bits per heavy atom. The van der Waals surface area contributed by atoms with Crippen LogP contribution in [0.2, 0.25) is 0 Å². The van der Waals surface area contributed by atoms with Gasteiger partial charge in [-0.2, -0.15) is 5.10 Å². The van der Waals surface area contributed by atoms with Crippen molar-refractivity contribution in [2.75, 3.05) is 32.2 Å². The molecule has 7 heteroatoms. The van der Waals surface area contributed by atoms with Crippen LogP contribution >= 0.6 is 15.9 Å². The average molecular weight is 362 g/mol. The van der Waals surface area contributed by atoms with Crippen LogP contribution in [-0.2, 0) is 16.0 Å². The number of halogens is 1. The van der Waals surface area contributed by atoms with Crippen molar-refractivity contribution in [1.29, 1.82) is 0 Å². The van der Waals surface area contributed by atoms with E-state index in [1.165, 1.54) is 4.68 Å². The largest absolute Gasteiger partial charge is 0.383 e. The Bertz CT molecular complexity index is 477. The third-order valence-electron chi connectivity index (χ3n) is 2.83. The molecule has 0 bridgehead atoms. The van der Waals surface area contributed by atoms with Crippen LogP contribution in [0.5, 0.6) is 0 Å². The molecule has 21 heavy (non-hydrogen) atoms. The van der Waals surface area contributed by atoms with E-state index in [0.29, 0.717) is 17.6 Å². The van der Waals surface area contributed by atoms with E-state index in [1.807, 2.05) is 13.8 Å². The summed E-state index contributed by atoms with van der Waals surface area (Å²) in [6, 6.07) is 0. The quantitative estimate of drug-likeness (QED) is 0.647. The summed E-state index contributed by atoms with van der Waals surface area (Å²) in [6.45, 7) is 6.50. The van der Waals surface area contributed by atoms with Gasteiger partial charge in [-0.3, -0.25) is 4.79 Å². The Hall–Kier alpha value is -0.920. The lowest BCUT2D eigenvalue weighted by Crippen LogP contribution is -2.26. The molecule has 0 aliphatic rings. The lowest BCUT2D eigenvalue weighted by molar-refractivity contribution is 0.0765. The van der Waals surface area contributed by atoms with Crippen LogP contribution in [-0.4, -0.2) is 42.8 Å². The first-order valence-corrected chi connectivity index (χ1v) is 7.95. The first kappa shape index (κ1) is 18.1. The van der Waals surface area contributed by atoms with Crippen molar-refractivity contribution >= 4 is 21.6 Å². The van der Waals surface area contributed by atoms with Gasteiger partial charge in [-0.05, 0) is 42.6 Å². The first-order valence-electron chi connectivity index (χ1n) is 7.16. The van der Waals surface area contributed by atoms with Gasteiger partial charge in [0.1, 0.15) is 4.47 Å². The fraction of sp³-hybridized carbons (Fsp3) is 0.714. The topological polar surface area (TPSA) is 65.4 Å². The molecule has 0 saturated carbocycles. The van der Waals surface area contributed by atoms with Crippen LogP contribution in [0, 0.1) is 0 Å². The molecule has 0 saturated heterocycles. The van der Waals surface area contributed by atoms with E-state index in [2.05, 4.69) is 26.3 Å². The van der Waals surface area contributed by atoms with E-state index in [1.54, 1.807) is 13.3 Å². The maximum atomic E-state index is 12.0. The van der Waals surface area contributed by atoms with Gasteiger partial charge in [0, 0.05) is 20.3 Å². The smallest absolute Gasteiger partial charge is 0.283 e. The second kappa shape index (κ2) is 9.92. The minimum Gasteiger partial charge on any atom is -0.383 e. The normalized spacial score (nSPS) is 11.1. The summed E-state index contributed by atoms with van der Waals surface area (Å²) in [4.78, 5) is 12.0. The summed E-state index contributed by atoms with van der Waals surface area (Å²) in [5.41, 5.74) is 0.568. The van der Waals surface area contributed by atoms with Crippen LogP contribution in [0.3, 0.4) is 0 Å². The summed E-state index contributed by atoms with van der Waals surface area (Å²) in [6.07, 6.45) is 3.90. The lowest BCUT2D eigenvalue weighted by Gasteiger charge is -2.11. The summed E-state index contributed by atoms with van der Waals surface area (Å²) >= 11 is 3.32. The highest BCUT2D eigenvalue weighted by molar-refractivity contribution is 9.10. The van der Waals surface area contributed by atoms with Gasteiger partial charge in [0.15, 0.2) is 0 Å². The number of nitrogens with one attached hydrogen (secondary N) is 1. The maximum Gasteiger partial charge on any atom is 0.283 e. The van der Waals surface area contributed by atoms with Gasteiger partial charge in [0.2, 0.25) is 0 Å². The molecular weight excluding hydrogens is 338 g/mol. The fourth-order valence-corrected chi connectivity index (χ4v) is 2.14. The molecule has 0 aromatic carbocycles. The number of unbranched alkanes of at least 4 members (excludes halogenated alkanes) is 1. The zero-order valence-electron chi connectivity index (χ0n) is 12.9. The predicted octanol–water partition coefficient (Wildman–Crippen LogP) is 2.27. The molecule has 0 radical (unpaired) electrons. The van der Waals surface area contributed by atoms with E-state index >= 15 is 0 Å². The van der Waals surface area contributed by atoms with Crippen LogP contribution in [0.4, 0.5) is 5.69 Å². The SMILES string of the molecule is COCCn1ncc(NCCCCOC(C)C)c(Br)c1=O. The van der Waals surface area contributed by atoms with Gasteiger partial charge in [-0.25, -0.2) is 4.68 Å². The van der Waals surface area contributed by atoms with Crippen LogP contribution in [0.1, 0.15) is 26.7 Å². The summed E-state index contributed by atoms with van der Waals surface area (Å²) < 4.78 is 12.3. The predicted molar refractivity (Wildman–Crippen MR) is 86.9 cm³/mol. The molecule has 1 heterocycles. The molecule has 6 nitrogen and oxygen atoms in total. The summed E-state index contributed by atoms with van der Waals surface area (Å²) in [7, 11) is 1.60. The van der Waals surface area contributed by atoms with Gasteiger partial charge in [-0.1, -0.05) is 0 Å². The molecule has 0 aliphatic carbocycles. The van der Waals surface area contributed by atoms with Gasteiger partial charge in [-0.15, -0.1) is 0 Å². The van der Waals surface area contributed by atoms with Crippen molar-refractivity contribution in [3.8, 4) is 0 Å². The van der Waals surface area contributed by atoms with Crippen molar-refractivity contribution in [1.82, 2.24) is 9.78 Å². The van der Waals surface area contributed by atoms with Gasteiger partial charge >= 0.3 is 0 Å². The molecule has 1 N–H and O–H groups in total. The molecule has 0 aliphatic heterocycles. The molecule has 0 fully saturated rings. The van der Waals surface area contributed by atoms with E-state index in [-0.39, 0.29) is 11.7 Å². The van der Waals surface area contributed by atoms with Crippen molar-refractivity contribution in [3.63, 3.8) is 0 Å². The Morgan fingerprint density at radius 2 is 2.14 bits per heavy atom. The number of ether oxygens (including phenoxy) is 2. The molecule has 0 spiro atoms. The van der Waals surface area contributed by atoms with Crippen LogP contribution in [0.15, 0.2) is 15.5 Å². The fourth-order valence-electron chi connectivity index (χ4n) is 1.69. The number of hydrogen-bond acceptors (Lipinski definition) is 5. The van der Waals surface area contributed by atoms with Gasteiger partial charge in [0.25, 0.3) is 5.56 Å². The number of rotatable bonds is 10. The van der Waals surface area contributed by atoms with Gasteiger partial charge in [0.05, 0.1) is 31.1 Å². The monoisotopic (exact) mass is 361 g/mol. The van der Waals surface area contributed by atoms with Gasteiger partial charge < -0.3 is 14.8 Å². The molecular formula is C14H24BrN3O3. The second-order valence-corrected chi connectivity index (χ2v) is 5.74. The zero-order chi connectivity index (χ0) is 15.7. The summed E-state index contributed by atoms with van der Waals surface area (Å²) in [5.74, 6) is 0. The van der Waals surface area contributed by atoms with E-state index in [0.717, 1.165) is 31.7 Å². The second-order valence-electron chi connectivity index (χ2n) is 4.95. The number of anilines is 1. The number of nitrogens with zero attached hydrogens (tertiary/aromatic N) is 2. The molecule has 0 amide bonds. The van der Waals surface area contributed by atoms with Crippen molar-refractivity contribution in [3.05, 3.63) is 21.0 Å². The summed E-state index contributed by atoms with van der Waals surface area (Å²) in [5, 5.41) is 7.34. The Labute approximate surface area is 134 Å². The molecule has 1 aromatic rings. The van der Waals surface area contributed by atoms with Crippen molar-refractivity contribution < 1.29 is 9.47 Å².